The molecule has 4 rings (SSSR count). The van der Waals surface area contributed by atoms with Gasteiger partial charge in [-0.15, -0.1) is 0 Å². The lowest BCUT2D eigenvalue weighted by atomic mass is 9.98. The third-order valence-electron chi connectivity index (χ3n) is 5.85. The predicted molar refractivity (Wildman–Crippen MR) is 126 cm³/mol. The Morgan fingerprint density at radius 3 is 2.73 bits per heavy atom. The van der Waals surface area contributed by atoms with Gasteiger partial charge >= 0.3 is 0 Å². The van der Waals surface area contributed by atoms with Crippen LogP contribution in [-0.4, -0.2) is 45.7 Å². The highest BCUT2D eigenvalue weighted by atomic mass is 16.2. The maximum Gasteiger partial charge on any atom is 0.270 e. The first-order valence-corrected chi connectivity index (χ1v) is 10.9. The summed E-state index contributed by atoms with van der Waals surface area (Å²) in [6.45, 7) is 3.66. The molecule has 0 aliphatic carbocycles. The second-order valence-electron chi connectivity index (χ2n) is 8.49. The van der Waals surface area contributed by atoms with Gasteiger partial charge in [-0.25, -0.2) is 0 Å². The molecule has 0 radical (unpaired) electrons. The van der Waals surface area contributed by atoms with Crippen LogP contribution in [0, 0.1) is 5.92 Å². The molecule has 0 saturated heterocycles. The van der Waals surface area contributed by atoms with Crippen molar-refractivity contribution in [2.24, 2.45) is 16.6 Å². The number of amides is 3. The molecule has 0 spiro atoms. The van der Waals surface area contributed by atoms with Crippen LogP contribution in [0.3, 0.4) is 0 Å². The third-order valence-corrected chi connectivity index (χ3v) is 5.85. The quantitative estimate of drug-likeness (QED) is 0.458. The topological polar surface area (TPSA) is 149 Å². The largest absolute Gasteiger partial charge is 0.365 e. The number of aromatic amines is 2. The van der Waals surface area contributed by atoms with E-state index in [0.29, 0.717) is 28.7 Å². The maximum absolute atomic E-state index is 13.0. The van der Waals surface area contributed by atoms with Crippen LogP contribution in [0.5, 0.6) is 0 Å². The molecule has 1 atom stereocenters. The number of benzene rings is 1. The van der Waals surface area contributed by atoms with Crippen molar-refractivity contribution in [1.29, 1.82) is 0 Å². The fourth-order valence-corrected chi connectivity index (χ4v) is 4.08. The smallest absolute Gasteiger partial charge is 0.270 e. The number of aromatic nitrogens is 3. The normalized spacial score (nSPS) is 16.0. The van der Waals surface area contributed by atoms with Gasteiger partial charge in [-0.1, -0.05) is 13.8 Å². The molecule has 1 aliphatic rings. The van der Waals surface area contributed by atoms with Gasteiger partial charge in [0.1, 0.15) is 11.5 Å². The van der Waals surface area contributed by atoms with E-state index in [4.69, 9.17) is 5.73 Å². The highest BCUT2D eigenvalue weighted by Crippen LogP contribution is 2.31. The summed E-state index contributed by atoms with van der Waals surface area (Å²) in [6.07, 6.45) is 5.67. The van der Waals surface area contributed by atoms with Gasteiger partial charge < -0.3 is 20.9 Å². The minimum Gasteiger partial charge on any atom is -0.365 e. The van der Waals surface area contributed by atoms with E-state index in [1.807, 2.05) is 13.8 Å². The molecule has 0 fully saturated rings. The van der Waals surface area contributed by atoms with E-state index in [1.165, 1.54) is 0 Å². The van der Waals surface area contributed by atoms with Crippen LogP contribution in [0.25, 0.3) is 10.9 Å². The number of rotatable bonds is 6. The summed E-state index contributed by atoms with van der Waals surface area (Å²) in [5.41, 5.74) is 8.40. The third kappa shape index (κ3) is 4.36. The standard InChI is InChI=1S/C23H27N7O3/c1-12(2)23(33)30(3)14-7-8-15-18(9-14)28-21(19(15)20(24)31)29-22(32)17-6-4-5-16(27-17)13-10-25-26-11-13/h7-12,16,28H,4-6H2,1-3H3,(H2,24,31)(H,25,26)(H,29,32). The number of primary amides is 1. The van der Waals surface area contributed by atoms with Crippen molar-refractivity contribution in [3.05, 3.63) is 41.7 Å². The van der Waals surface area contributed by atoms with Crippen LogP contribution >= 0.6 is 0 Å². The van der Waals surface area contributed by atoms with Gasteiger partial charge in [0.2, 0.25) is 5.91 Å². The molecule has 10 nitrogen and oxygen atoms in total. The second kappa shape index (κ2) is 8.89. The van der Waals surface area contributed by atoms with Crippen molar-refractivity contribution in [1.82, 2.24) is 15.2 Å². The Bertz CT molecular complexity index is 1240. The molecule has 3 aromatic rings. The highest BCUT2D eigenvalue weighted by Gasteiger charge is 2.25. The summed E-state index contributed by atoms with van der Waals surface area (Å²) in [4.78, 5) is 46.8. The number of aliphatic imine (C=N–C) groups is 1. The molecule has 1 aromatic carbocycles. The van der Waals surface area contributed by atoms with Crippen LogP contribution in [0.15, 0.2) is 35.6 Å². The number of carbonyl (C=O) groups excluding carboxylic acids is 3. The lowest BCUT2D eigenvalue weighted by Gasteiger charge is -2.19. The number of hydrogen-bond donors (Lipinski definition) is 4. The number of nitrogens with zero attached hydrogens (tertiary/aromatic N) is 3. The summed E-state index contributed by atoms with van der Waals surface area (Å²) in [7, 11) is 1.70. The number of hydrogen-bond acceptors (Lipinski definition) is 5. The van der Waals surface area contributed by atoms with Gasteiger partial charge in [-0.2, -0.15) is 5.10 Å². The Labute approximate surface area is 190 Å². The number of anilines is 2. The molecule has 3 heterocycles. The summed E-state index contributed by atoms with van der Waals surface area (Å²) in [5, 5.41) is 10.1. The van der Waals surface area contributed by atoms with E-state index in [2.05, 4.69) is 25.5 Å². The van der Waals surface area contributed by atoms with Gasteiger partial charge in [-0.3, -0.25) is 24.5 Å². The average Bonchev–Trinajstić information content (AvgIpc) is 3.45. The highest BCUT2D eigenvalue weighted by molar-refractivity contribution is 6.43. The number of carbonyl (C=O) groups is 3. The van der Waals surface area contributed by atoms with Crippen LogP contribution in [0.4, 0.5) is 11.5 Å². The molecule has 2 aromatic heterocycles. The molecule has 3 amide bonds. The Hall–Kier alpha value is -3.95. The van der Waals surface area contributed by atoms with Crippen molar-refractivity contribution < 1.29 is 14.4 Å². The van der Waals surface area contributed by atoms with Crippen LogP contribution < -0.4 is 16.0 Å². The van der Waals surface area contributed by atoms with Gasteiger partial charge in [0.05, 0.1) is 17.8 Å². The number of H-pyrrole nitrogens is 2. The molecule has 0 saturated carbocycles. The molecule has 1 unspecified atom stereocenters. The van der Waals surface area contributed by atoms with Gasteiger partial charge in [0.15, 0.2) is 0 Å². The Kier molecular flexibility index (Phi) is 5.99. The van der Waals surface area contributed by atoms with E-state index < -0.39 is 5.91 Å². The van der Waals surface area contributed by atoms with Crippen LogP contribution in [-0.2, 0) is 9.59 Å². The van der Waals surface area contributed by atoms with Crippen molar-refractivity contribution in [2.45, 2.75) is 39.2 Å². The monoisotopic (exact) mass is 449 g/mol. The average molecular weight is 450 g/mol. The summed E-state index contributed by atoms with van der Waals surface area (Å²) < 4.78 is 0. The SMILES string of the molecule is CC(C)C(=O)N(C)c1ccc2c(C(N)=O)c(NC(=O)C3=NC(c4cn[nH]c4)CCC3)[nH]c2c1. The lowest BCUT2D eigenvalue weighted by molar-refractivity contribution is -0.121. The summed E-state index contributed by atoms with van der Waals surface area (Å²) in [6, 6.07) is 5.09. The Morgan fingerprint density at radius 1 is 1.27 bits per heavy atom. The van der Waals surface area contributed by atoms with E-state index in [-0.39, 0.29) is 35.2 Å². The van der Waals surface area contributed by atoms with Crippen molar-refractivity contribution in [2.75, 3.05) is 17.3 Å². The zero-order valence-electron chi connectivity index (χ0n) is 18.8. The molecule has 0 bridgehead atoms. The first-order chi connectivity index (χ1) is 15.8. The molecule has 5 N–H and O–H groups in total. The Morgan fingerprint density at radius 2 is 2.06 bits per heavy atom. The van der Waals surface area contributed by atoms with E-state index in [0.717, 1.165) is 18.4 Å². The zero-order valence-corrected chi connectivity index (χ0v) is 18.8. The van der Waals surface area contributed by atoms with Crippen molar-refractivity contribution in [3.63, 3.8) is 0 Å². The maximum atomic E-state index is 13.0. The zero-order chi connectivity index (χ0) is 23.7. The number of fused-ring (bicyclic) bond motifs is 1. The van der Waals surface area contributed by atoms with Gasteiger partial charge in [-0.05, 0) is 37.5 Å². The first-order valence-electron chi connectivity index (χ1n) is 10.9. The fraction of sp³-hybridized carbons (Fsp3) is 0.348. The minimum atomic E-state index is -0.669. The fourth-order valence-electron chi connectivity index (χ4n) is 4.08. The summed E-state index contributed by atoms with van der Waals surface area (Å²) in [5.74, 6) is -1.03. The van der Waals surface area contributed by atoms with Gasteiger partial charge in [0, 0.05) is 41.3 Å². The van der Waals surface area contributed by atoms with Crippen molar-refractivity contribution in [3.8, 4) is 0 Å². The van der Waals surface area contributed by atoms with E-state index in [1.54, 1.807) is 42.5 Å². The Balaban J connectivity index is 1.64. The predicted octanol–water partition coefficient (Wildman–Crippen LogP) is 2.91. The molecular weight excluding hydrogens is 422 g/mol. The first kappa shape index (κ1) is 22.3. The number of nitrogens with one attached hydrogen (secondary N) is 3. The molecule has 172 valence electrons. The lowest BCUT2D eigenvalue weighted by Crippen LogP contribution is -2.30. The minimum absolute atomic E-state index is 0.0351. The summed E-state index contributed by atoms with van der Waals surface area (Å²) >= 11 is 0. The van der Waals surface area contributed by atoms with Crippen LogP contribution in [0.2, 0.25) is 0 Å². The molecular formula is C23H27N7O3. The van der Waals surface area contributed by atoms with Crippen LogP contribution in [0.1, 0.15) is 55.1 Å². The molecule has 10 heteroatoms. The number of nitrogens with two attached hydrogens (primary N) is 1. The van der Waals surface area contributed by atoms with Crippen molar-refractivity contribution >= 4 is 45.8 Å². The second-order valence-corrected chi connectivity index (χ2v) is 8.49. The molecule has 1 aliphatic heterocycles. The van der Waals surface area contributed by atoms with E-state index in [9.17, 15) is 14.4 Å². The van der Waals surface area contributed by atoms with E-state index >= 15 is 0 Å². The molecule has 33 heavy (non-hydrogen) atoms. The van der Waals surface area contributed by atoms with Gasteiger partial charge in [0.25, 0.3) is 11.8 Å².